The first-order chi connectivity index (χ1) is 19.7. The predicted octanol–water partition coefficient (Wildman–Crippen LogP) is 3.50. The lowest BCUT2D eigenvalue weighted by Gasteiger charge is -2.22. The lowest BCUT2D eigenvalue weighted by atomic mass is 10.1. The molecule has 2 unspecified atom stereocenters. The summed E-state index contributed by atoms with van der Waals surface area (Å²) >= 11 is 0. The Morgan fingerprint density at radius 2 is 1.26 bits per heavy atom. The van der Waals surface area contributed by atoms with Crippen LogP contribution >= 0.6 is 7.26 Å². The van der Waals surface area contributed by atoms with Crippen molar-refractivity contribution in [2.24, 2.45) is 5.92 Å². The molecule has 0 spiro atoms. The first-order valence-electron chi connectivity index (χ1n) is 13.8. The molecule has 2 fully saturated rings. The Kier molecular flexibility index (Phi) is 10.1. The summed E-state index contributed by atoms with van der Waals surface area (Å²) in [6.07, 6.45) is -2.17. The highest BCUT2D eigenvalue weighted by Gasteiger charge is 2.47. The number of alkyl halides is 3. The van der Waals surface area contributed by atoms with Crippen LogP contribution in [0, 0.1) is 5.92 Å². The highest BCUT2D eigenvalue weighted by Crippen LogP contribution is 2.52. The van der Waals surface area contributed by atoms with Crippen molar-refractivity contribution in [3.8, 4) is 0 Å². The van der Waals surface area contributed by atoms with E-state index in [4.69, 9.17) is 5.11 Å². The van der Waals surface area contributed by atoms with Gasteiger partial charge in [-0.3, -0.25) is 4.79 Å². The molecule has 3 aromatic carbocycles. The van der Waals surface area contributed by atoms with Gasteiger partial charge in [0, 0.05) is 19.0 Å². The number of carboxylic acid groups (broad SMARTS) is 1. The molecule has 1 aromatic heterocycles. The molecule has 6 rings (SSSR count). The van der Waals surface area contributed by atoms with E-state index in [0.29, 0.717) is 30.9 Å². The standard InChI is InChI=1S/C19H18P.C14H15F3N2O2.BrH/c1-20(17-11-5-2-6-12-17,18-13-7-3-8-14-18)19-15-9-4-10-16-19;15-14(16,17)11-4-3-8(9-7-10(9)13(20)21)12(18-11)19-5-1-2-6-19;/h2-16H,1H3;3-4,9-10H,1-2,5-7H2,(H,20,21);1H/q+1;;/p-1. The molecule has 2 aliphatic rings. The van der Waals surface area contributed by atoms with Crippen LogP contribution in [0.15, 0.2) is 103 Å². The quantitative estimate of drug-likeness (QED) is 0.323. The molecule has 42 heavy (non-hydrogen) atoms. The number of rotatable bonds is 6. The van der Waals surface area contributed by atoms with E-state index in [0.717, 1.165) is 18.9 Å². The van der Waals surface area contributed by atoms with Gasteiger partial charge in [-0.1, -0.05) is 60.7 Å². The molecule has 1 aliphatic heterocycles. The van der Waals surface area contributed by atoms with E-state index < -0.39 is 31.0 Å². The fourth-order valence-electron chi connectivity index (χ4n) is 5.53. The van der Waals surface area contributed by atoms with Gasteiger partial charge in [-0.25, -0.2) is 4.98 Å². The topological polar surface area (TPSA) is 53.4 Å². The summed E-state index contributed by atoms with van der Waals surface area (Å²) in [5.41, 5.74) is -0.280. The molecule has 220 valence electrons. The van der Waals surface area contributed by atoms with E-state index in [2.05, 4.69) is 103 Å². The summed E-state index contributed by atoms with van der Waals surface area (Å²) in [5, 5.41) is 13.3. The second kappa shape index (κ2) is 13.4. The Balaban J connectivity index is 0.000000189. The maximum Gasteiger partial charge on any atom is 0.433 e. The molecule has 1 N–H and O–H groups in total. The van der Waals surface area contributed by atoms with Crippen molar-refractivity contribution in [2.75, 3.05) is 24.7 Å². The van der Waals surface area contributed by atoms with Crippen molar-refractivity contribution >= 4 is 35.0 Å². The van der Waals surface area contributed by atoms with Gasteiger partial charge >= 0.3 is 12.1 Å². The zero-order chi connectivity index (χ0) is 29.0. The third-order valence-corrected chi connectivity index (χ3v) is 11.9. The Hall–Kier alpha value is -3.22. The molecule has 0 radical (unpaired) electrons. The molecule has 0 bridgehead atoms. The molecule has 0 amide bonds. The monoisotopic (exact) mass is 656 g/mol. The van der Waals surface area contributed by atoms with E-state index in [1.807, 2.05) is 4.90 Å². The fraction of sp³-hybridized carbons (Fsp3) is 0.273. The highest BCUT2D eigenvalue weighted by molar-refractivity contribution is 7.95. The van der Waals surface area contributed by atoms with Crippen molar-refractivity contribution in [1.29, 1.82) is 0 Å². The van der Waals surface area contributed by atoms with Crippen LogP contribution in [0.25, 0.3) is 0 Å². The number of benzene rings is 3. The van der Waals surface area contributed by atoms with Crippen LogP contribution in [0.5, 0.6) is 0 Å². The van der Waals surface area contributed by atoms with E-state index >= 15 is 0 Å². The summed E-state index contributed by atoms with van der Waals surface area (Å²) in [6, 6.07) is 35.0. The van der Waals surface area contributed by atoms with E-state index in [1.54, 1.807) is 0 Å². The lowest BCUT2D eigenvalue weighted by molar-refractivity contribution is -0.141. The number of hydrogen-bond acceptors (Lipinski definition) is 3. The van der Waals surface area contributed by atoms with E-state index in [1.165, 1.54) is 22.0 Å². The average molecular weight is 658 g/mol. The smallest absolute Gasteiger partial charge is 0.433 e. The van der Waals surface area contributed by atoms with Gasteiger partial charge in [0.1, 0.15) is 34.7 Å². The molecule has 4 nitrogen and oxygen atoms in total. The minimum absolute atomic E-state index is 0. The third kappa shape index (κ3) is 6.87. The third-order valence-electron chi connectivity index (χ3n) is 7.93. The van der Waals surface area contributed by atoms with Gasteiger partial charge in [-0.15, -0.1) is 0 Å². The Morgan fingerprint density at radius 3 is 1.64 bits per heavy atom. The number of aromatic nitrogens is 1. The van der Waals surface area contributed by atoms with Crippen LogP contribution in [0.3, 0.4) is 0 Å². The van der Waals surface area contributed by atoms with Gasteiger partial charge in [0.2, 0.25) is 0 Å². The molecule has 2 atom stereocenters. The van der Waals surface area contributed by atoms with Crippen molar-refractivity contribution in [1.82, 2.24) is 4.98 Å². The zero-order valence-electron chi connectivity index (χ0n) is 23.2. The molecular formula is C33H33BrF3N2O2P. The number of hydrogen-bond donors (Lipinski definition) is 1. The molecule has 4 aromatic rings. The first kappa shape index (κ1) is 31.7. The van der Waals surface area contributed by atoms with Gasteiger partial charge in [-0.2, -0.15) is 13.2 Å². The maximum absolute atomic E-state index is 12.8. The average Bonchev–Trinajstić information content (AvgIpc) is 3.62. The van der Waals surface area contributed by atoms with Crippen LogP contribution in [-0.2, 0) is 11.0 Å². The van der Waals surface area contributed by atoms with E-state index in [9.17, 15) is 18.0 Å². The number of nitrogens with zero attached hydrogens (tertiary/aromatic N) is 2. The summed E-state index contributed by atoms with van der Waals surface area (Å²) in [7, 11) is -1.53. The van der Waals surface area contributed by atoms with Gasteiger partial charge in [0.05, 0.1) is 12.6 Å². The van der Waals surface area contributed by atoms with Crippen LogP contribution in [0.4, 0.5) is 19.0 Å². The van der Waals surface area contributed by atoms with Gasteiger partial charge in [0.15, 0.2) is 0 Å². The molecular weight excluding hydrogens is 624 g/mol. The minimum Gasteiger partial charge on any atom is -1.00 e. The summed E-state index contributed by atoms with van der Waals surface area (Å²) in [6.45, 7) is 3.75. The molecule has 2 heterocycles. The van der Waals surface area contributed by atoms with Gasteiger partial charge in [0.25, 0.3) is 0 Å². The van der Waals surface area contributed by atoms with Crippen molar-refractivity contribution in [3.05, 3.63) is 114 Å². The van der Waals surface area contributed by atoms with Crippen LogP contribution in [-0.4, -0.2) is 35.8 Å². The summed E-state index contributed by atoms with van der Waals surface area (Å²) < 4.78 is 38.5. The van der Waals surface area contributed by atoms with Crippen molar-refractivity contribution < 1.29 is 40.1 Å². The minimum atomic E-state index is -4.48. The Morgan fingerprint density at radius 1 is 0.810 bits per heavy atom. The van der Waals surface area contributed by atoms with Gasteiger partial charge in [-0.05, 0) is 67.3 Å². The SMILES string of the molecule is C[P+](c1ccccc1)(c1ccccc1)c1ccccc1.O=C(O)C1CC1c1ccc(C(F)(F)F)nc1N1CCCC1.[Br-]. The van der Waals surface area contributed by atoms with Crippen molar-refractivity contribution in [3.63, 3.8) is 0 Å². The lowest BCUT2D eigenvalue weighted by Crippen LogP contribution is -3.00. The second-order valence-corrected chi connectivity index (χ2v) is 14.2. The number of pyridine rings is 1. The highest BCUT2D eigenvalue weighted by atomic mass is 79.9. The van der Waals surface area contributed by atoms with E-state index in [-0.39, 0.29) is 22.9 Å². The Labute approximate surface area is 255 Å². The number of anilines is 1. The first-order valence-corrected chi connectivity index (χ1v) is 16.0. The predicted molar refractivity (Wildman–Crippen MR) is 160 cm³/mol. The molecule has 1 saturated heterocycles. The summed E-state index contributed by atoms with van der Waals surface area (Å²) in [4.78, 5) is 16.6. The normalized spacial score (nSPS) is 18.0. The molecule has 9 heteroatoms. The second-order valence-electron chi connectivity index (χ2n) is 10.6. The maximum atomic E-state index is 12.8. The zero-order valence-corrected chi connectivity index (χ0v) is 25.7. The van der Waals surface area contributed by atoms with Crippen LogP contribution in [0.2, 0.25) is 0 Å². The number of halogens is 4. The largest absolute Gasteiger partial charge is 1.00 e. The number of carboxylic acids is 1. The van der Waals surface area contributed by atoms with Crippen molar-refractivity contribution in [2.45, 2.75) is 31.4 Å². The number of aliphatic carboxylic acids is 1. The molecule has 1 saturated carbocycles. The summed E-state index contributed by atoms with van der Waals surface area (Å²) in [5.74, 6) is -1.29. The fourth-order valence-corrected chi connectivity index (χ4v) is 8.73. The van der Waals surface area contributed by atoms with Crippen LogP contribution in [0.1, 0.15) is 36.4 Å². The van der Waals surface area contributed by atoms with Gasteiger partial charge < -0.3 is 27.0 Å². The number of carbonyl (C=O) groups is 1. The Bertz CT molecular complexity index is 1370. The van der Waals surface area contributed by atoms with Crippen LogP contribution < -0.4 is 37.8 Å². The molecule has 1 aliphatic carbocycles.